The minimum absolute atomic E-state index is 0.0547. The first-order valence-electron chi connectivity index (χ1n) is 10.1. The molecule has 0 spiro atoms. The van der Waals surface area contributed by atoms with Gasteiger partial charge in [-0.3, -0.25) is 4.98 Å². The van der Waals surface area contributed by atoms with E-state index in [0.717, 1.165) is 25.7 Å². The highest BCUT2D eigenvalue weighted by Crippen LogP contribution is 2.23. The molecule has 2 rings (SSSR count). The van der Waals surface area contributed by atoms with Crippen LogP contribution in [-0.2, 0) is 6.42 Å². The van der Waals surface area contributed by atoms with Crippen molar-refractivity contribution in [3.8, 4) is 17.2 Å². The predicted molar refractivity (Wildman–Crippen MR) is 119 cm³/mol. The normalized spacial score (nSPS) is 12.1. The van der Waals surface area contributed by atoms with Crippen LogP contribution in [0.2, 0.25) is 0 Å². The van der Waals surface area contributed by atoms with Crippen LogP contribution in [0.25, 0.3) is 11.5 Å². The summed E-state index contributed by atoms with van der Waals surface area (Å²) in [5.41, 5.74) is 4.22. The Bertz CT molecular complexity index is 946. The van der Waals surface area contributed by atoms with E-state index in [2.05, 4.69) is 37.9 Å². The largest absolute Gasteiger partial charge is 0.507 e. The van der Waals surface area contributed by atoms with Crippen molar-refractivity contribution in [3.63, 3.8) is 0 Å². The zero-order valence-electron chi connectivity index (χ0n) is 17.9. The molecule has 0 unspecified atom stereocenters. The molecule has 4 heteroatoms. The highest BCUT2D eigenvalue weighted by molar-refractivity contribution is 5.54. The van der Waals surface area contributed by atoms with Crippen LogP contribution in [-0.4, -0.2) is 10.1 Å². The molecule has 0 aliphatic carbocycles. The predicted octanol–water partition coefficient (Wildman–Crippen LogP) is 6.37. The lowest BCUT2D eigenvalue weighted by atomic mass is 10.0. The molecule has 0 bridgehead atoms. The topological polar surface area (TPSA) is 63.3 Å². The molecule has 154 valence electrons. The van der Waals surface area contributed by atoms with Gasteiger partial charge < -0.3 is 9.52 Å². The fourth-order valence-corrected chi connectivity index (χ4v) is 2.94. The van der Waals surface area contributed by atoms with Crippen molar-refractivity contribution >= 4 is 0 Å². The third kappa shape index (κ3) is 7.57. The van der Waals surface area contributed by atoms with Crippen molar-refractivity contribution in [2.24, 2.45) is 0 Å². The lowest BCUT2D eigenvalue weighted by Crippen LogP contribution is -2.07. The monoisotopic (exact) mass is 393 g/mol. The Kier molecular flexibility index (Phi) is 8.66. The van der Waals surface area contributed by atoms with Gasteiger partial charge in [-0.2, -0.15) is 0 Å². The summed E-state index contributed by atoms with van der Waals surface area (Å²) in [5, 5.41) is 10.3. The minimum atomic E-state index is -0.523. The molecule has 0 aromatic carbocycles. The van der Waals surface area contributed by atoms with E-state index in [-0.39, 0.29) is 17.1 Å². The van der Waals surface area contributed by atoms with Gasteiger partial charge in [0.15, 0.2) is 5.76 Å². The average molecular weight is 394 g/mol. The fraction of sp³-hybridized carbons (Fsp3) is 0.360. The smallest absolute Gasteiger partial charge is 0.343 e. The molecule has 1 N–H and O–H groups in total. The molecule has 2 aromatic heterocycles. The molecule has 0 fully saturated rings. The third-order valence-corrected chi connectivity index (χ3v) is 4.72. The van der Waals surface area contributed by atoms with Crippen LogP contribution in [0.5, 0.6) is 5.75 Å². The summed E-state index contributed by atoms with van der Waals surface area (Å²) < 4.78 is 5.35. The second-order valence-corrected chi connectivity index (χ2v) is 7.64. The van der Waals surface area contributed by atoms with Crippen LogP contribution in [0.3, 0.4) is 0 Å². The van der Waals surface area contributed by atoms with E-state index < -0.39 is 5.63 Å². The summed E-state index contributed by atoms with van der Waals surface area (Å²) in [6.45, 7) is 8.47. The molecule has 0 saturated carbocycles. The number of aromatic hydroxyl groups is 1. The maximum atomic E-state index is 12.3. The first kappa shape index (κ1) is 22.4. The summed E-state index contributed by atoms with van der Waals surface area (Å²) in [6.07, 6.45) is 12.6. The van der Waals surface area contributed by atoms with Crippen molar-refractivity contribution in [2.75, 3.05) is 0 Å². The van der Waals surface area contributed by atoms with Crippen LogP contribution in [0.4, 0.5) is 0 Å². The van der Waals surface area contributed by atoms with Crippen molar-refractivity contribution in [1.82, 2.24) is 4.98 Å². The maximum Gasteiger partial charge on any atom is 0.343 e. The van der Waals surface area contributed by atoms with E-state index in [0.29, 0.717) is 12.1 Å². The number of rotatable bonds is 9. The van der Waals surface area contributed by atoms with E-state index >= 15 is 0 Å². The molecule has 2 heterocycles. The first-order chi connectivity index (χ1) is 13.9. The van der Waals surface area contributed by atoms with E-state index in [1.807, 2.05) is 13.0 Å². The van der Waals surface area contributed by atoms with Gasteiger partial charge in [0, 0.05) is 18.7 Å². The molecule has 0 aliphatic rings. The van der Waals surface area contributed by atoms with Crippen molar-refractivity contribution < 1.29 is 9.52 Å². The summed E-state index contributed by atoms with van der Waals surface area (Å²) in [7, 11) is 0. The number of allylic oxidation sites excluding steroid dienone is 6. The second kappa shape index (κ2) is 11.2. The van der Waals surface area contributed by atoms with Gasteiger partial charge in [0.05, 0.1) is 5.56 Å². The Morgan fingerprint density at radius 2 is 1.72 bits per heavy atom. The number of nitrogens with zero attached hydrogens (tertiary/aromatic N) is 1. The van der Waals surface area contributed by atoms with E-state index in [1.165, 1.54) is 22.8 Å². The van der Waals surface area contributed by atoms with Crippen molar-refractivity contribution in [1.29, 1.82) is 0 Å². The van der Waals surface area contributed by atoms with E-state index in [4.69, 9.17) is 4.42 Å². The Morgan fingerprint density at radius 3 is 2.34 bits per heavy atom. The Balaban J connectivity index is 1.95. The molecule has 4 nitrogen and oxygen atoms in total. The molecular formula is C25H31NO3. The minimum Gasteiger partial charge on any atom is -0.507 e. The molecule has 29 heavy (non-hydrogen) atoms. The van der Waals surface area contributed by atoms with Crippen molar-refractivity contribution in [2.45, 2.75) is 59.8 Å². The highest BCUT2D eigenvalue weighted by atomic mass is 16.4. The quantitative estimate of drug-likeness (QED) is 0.503. The van der Waals surface area contributed by atoms with E-state index in [1.54, 1.807) is 24.4 Å². The molecule has 0 atom stereocenters. The zero-order chi connectivity index (χ0) is 21.2. The zero-order valence-corrected chi connectivity index (χ0v) is 17.9. The first-order valence-corrected chi connectivity index (χ1v) is 10.1. The third-order valence-electron chi connectivity index (χ3n) is 4.72. The summed E-state index contributed by atoms with van der Waals surface area (Å²) in [5.74, 6) is 0.215. The Hall–Kier alpha value is -2.88. The Labute approximate surface area is 173 Å². The summed E-state index contributed by atoms with van der Waals surface area (Å²) in [6, 6.07) is 6.78. The van der Waals surface area contributed by atoms with Gasteiger partial charge in [0.2, 0.25) is 0 Å². The molecular weight excluding hydrogens is 362 g/mol. The van der Waals surface area contributed by atoms with Gasteiger partial charge in [-0.05, 0) is 65.5 Å². The summed E-state index contributed by atoms with van der Waals surface area (Å²) >= 11 is 0. The number of hydrogen-bond donors (Lipinski definition) is 1. The number of aromatic nitrogens is 1. The lowest BCUT2D eigenvalue weighted by molar-refractivity contribution is 0.442. The second-order valence-electron chi connectivity index (χ2n) is 7.64. The molecule has 0 radical (unpaired) electrons. The number of pyridine rings is 1. The van der Waals surface area contributed by atoms with Crippen LogP contribution in [0.15, 0.2) is 74.6 Å². The molecule has 0 aliphatic heterocycles. The fourth-order valence-electron chi connectivity index (χ4n) is 2.94. The lowest BCUT2D eigenvalue weighted by Gasteiger charge is -2.05. The van der Waals surface area contributed by atoms with Crippen LogP contribution in [0, 0.1) is 0 Å². The summed E-state index contributed by atoms with van der Waals surface area (Å²) in [4.78, 5) is 16.4. The average Bonchev–Trinajstić information content (AvgIpc) is 2.67. The van der Waals surface area contributed by atoms with Gasteiger partial charge in [-0.15, -0.1) is 0 Å². The van der Waals surface area contributed by atoms with Gasteiger partial charge in [0.1, 0.15) is 11.4 Å². The van der Waals surface area contributed by atoms with Crippen molar-refractivity contribution in [3.05, 3.63) is 81.4 Å². The van der Waals surface area contributed by atoms with Crippen LogP contribution >= 0.6 is 0 Å². The standard InChI is InChI=1S/C25H31NO3/c1-18(2)9-7-10-19(3)11-8-12-20(4)14-15-21-23(27)17-24(29-25(21)28)22-13-5-6-16-26-22/h5-6,9,11,13-14,16-17,27H,7-8,10,12,15H2,1-4H3/b19-11+,20-14+. The molecule has 0 amide bonds. The van der Waals surface area contributed by atoms with E-state index in [9.17, 15) is 9.90 Å². The van der Waals surface area contributed by atoms with Crippen LogP contribution < -0.4 is 5.63 Å². The molecule has 0 saturated heterocycles. The van der Waals surface area contributed by atoms with Gasteiger partial charge in [0.25, 0.3) is 0 Å². The maximum absolute atomic E-state index is 12.3. The number of hydrogen-bond acceptors (Lipinski definition) is 4. The SMILES string of the molecule is CC(C)=CCC/C(C)=C/CC/C(C)=C/Cc1c(O)cc(-c2ccccn2)oc1=O. The van der Waals surface area contributed by atoms with Gasteiger partial charge >= 0.3 is 5.63 Å². The van der Waals surface area contributed by atoms with Gasteiger partial charge in [-0.1, -0.05) is 41.0 Å². The van der Waals surface area contributed by atoms with Crippen LogP contribution in [0.1, 0.15) is 58.9 Å². The molecule has 2 aromatic rings. The highest BCUT2D eigenvalue weighted by Gasteiger charge is 2.12. The Morgan fingerprint density at radius 1 is 1.03 bits per heavy atom. The van der Waals surface area contributed by atoms with Gasteiger partial charge in [-0.25, -0.2) is 4.79 Å².